The molecule has 1 heterocycles. The van der Waals surface area contributed by atoms with E-state index >= 15 is 0 Å². The van der Waals surface area contributed by atoms with Crippen molar-refractivity contribution < 1.29 is 9.84 Å². The van der Waals surface area contributed by atoms with Gasteiger partial charge in [-0.05, 0) is 35.4 Å². The van der Waals surface area contributed by atoms with Crippen LogP contribution >= 0.6 is 0 Å². The van der Waals surface area contributed by atoms with Crippen molar-refractivity contribution in [3.8, 4) is 11.6 Å². The number of nitrogens with zero attached hydrogens (tertiary/aromatic N) is 2. The van der Waals surface area contributed by atoms with Crippen molar-refractivity contribution in [2.75, 3.05) is 6.61 Å². The summed E-state index contributed by atoms with van der Waals surface area (Å²) in [4.78, 5) is 11.0. The van der Waals surface area contributed by atoms with Gasteiger partial charge in [0.25, 0.3) is 0 Å². The molecular weight excluding hydrogens is 292 g/mol. The molecule has 0 atom stereocenters. The lowest BCUT2D eigenvalue weighted by Gasteiger charge is -2.09. The molecule has 1 aromatic heterocycles. The van der Waals surface area contributed by atoms with Gasteiger partial charge in [0.1, 0.15) is 5.75 Å². The van der Waals surface area contributed by atoms with Gasteiger partial charge in [-0.1, -0.05) is 37.3 Å². The Balaban J connectivity index is 1.92. The van der Waals surface area contributed by atoms with Crippen LogP contribution < -0.4 is 4.74 Å². The molecule has 0 saturated carbocycles. The standard InChI is InChI=1S/C18H18N2O3/c1-2-11-23-14-9-7-13(8-10-14)12-20-16-6-4-3-5-15(16)17(19-22)18(20)21/h3-10,21H,2,11-12H2,1H3. The van der Waals surface area contributed by atoms with E-state index in [0.29, 0.717) is 18.5 Å². The first kappa shape index (κ1) is 15.1. The van der Waals surface area contributed by atoms with Crippen molar-refractivity contribution in [1.82, 2.24) is 4.57 Å². The molecule has 3 rings (SSSR count). The van der Waals surface area contributed by atoms with Crippen LogP contribution in [-0.2, 0) is 6.54 Å². The van der Waals surface area contributed by atoms with Gasteiger partial charge in [-0.3, -0.25) is 0 Å². The monoisotopic (exact) mass is 310 g/mol. The van der Waals surface area contributed by atoms with E-state index in [-0.39, 0.29) is 11.6 Å². The van der Waals surface area contributed by atoms with E-state index < -0.39 is 0 Å². The van der Waals surface area contributed by atoms with Gasteiger partial charge in [-0.25, -0.2) is 0 Å². The smallest absolute Gasteiger partial charge is 0.222 e. The van der Waals surface area contributed by atoms with Gasteiger partial charge in [0, 0.05) is 5.39 Å². The van der Waals surface area contributed by atoms with E-state index in [1.807, 2.05) is 42.5 Å². The second-order valence-corrected chi connectivity index (χ2v) is 5.36. The molecule has 0 spiro atoms. The van der Waals surface area contributed by atoms with Gasteiger partial charge in [0.05, 0.1) is 18.7 Å². The van der Waals surface area contributed by atoms with Crippen molar-refractivity contribution in [2.45, 2.75) is 19.9 Å². The summed E-state index contributed by atoms with van der Waals surface area (Å²) in [5.41, 5.74) is 1.87. The third kappa shape index (κ3) is 2.90. The highest BCUT2D eigenvalue weighted by Crippen LogP contribution is 2.38. The Kier molecular flexibility index (Phi) is 4.28. The summed E-state index contributed by atoms with van der Waals surface area (Å²) < 4.78 is 7.25. The lowest BCUT2D eigenvalue weighted by atomic mass is 10.2. The molecule has 1 N–H and O–H groups in total. The van der Waals surface area contributed by atoms with Crippen molar-refractivity contribution in [3.05, 3.63) is 59.0 Å². The highest BCUT2D eigenvalue weighted by Gasteiger charge is 2.17. The molecule has 5 heteroatoms. The van der Waals surface area contributed by atoms with Crippen LogP contribution in [0.2, 0.25) is 0 Å². The minimum atomic E-state index is -0.104. The molecule has 118 valence electrons. The average molecular weight is 310 g/mol. The highest BCUT2D eigenvalue weighted by atomic mass is 16.5. The average Bonchev–Trinajstić information content (AvgIpc) is 2.86. The number of benzene rings is 2. The summed E-state index contributed by atoms with van der Waals surface area (Å²) in [6, 6.07) is 15.1. The van der Waals surface area contributed by atoms with Crippen molar-refractivity contribution in [1.29, 1.82) is 0 Å². The number of aromatic hydroxyl groups is 1. The van der Waals surface area contributed by atoms with Gasteiger partial charge < -0.3 is 14.4 Å². The minimum absolute atomic E-state index is 0.0866. The second kappa shape index (κ2) is 6.52. The largest absolute Gasteiger partial charge is 0.494 e. The second-order valence-electron chi connectivity index (χ2n) is 5.36. The zero-order valence-electron chi connectivity index (χ0n) is 12.9. The van der Waals surface area contributed by atoms with Gasteiger partial charge in [0.15, 0.2) is 5.69 Å². The molecule has 0 bridgehead atoms. The van der Waals surface area contributed by atoms with E-state index in [1.54, 1.807) is 10.6 Å². The molecule has 0 saturated heterocycles. The lowest BCUT2D eigenvalue weighted by molar-refractivity contribution is 0.317. The van der Waals surface area contributed by atoms with Gasteiger partial charge >= 0.3 is 0 Å². The number of aromatic nitrogens is 1. The van der Waals surface area contributed by atoms with E-state index in [9.17, 15) is 10.0 Å². The van der Waals surface area contributed by atoms with Crippen LogP contribution in [0.4, 0.5) is 5.69 Å². The zero-order valence-corrected chi connectivity index (χ0v) is 12.9. The summed E-state index contributed by atoms with van der Waals surface area (Å²) >= 11 is 0. The normalized spacial score (nSPS) is 10.8. The lowest BCUT2D eigenvalue weighted by Crippen LogP contribution is -1.99. The Morgan fingerprint density at radius 3 is 2.57 bits per heavy atom. The van der Waals surface area contributed by atoms with Crippen LogP contribution in [0.1, 0.15) is 18.9 Å². The fraction of sp³-hybridized carbons (Fsp3) is 0.222. The van der Waals surface area contributed by atoms with Gasteiger partial charge in [-0.15, -0.1) is 4.91 Å². The molecule has 0 radical (unpaired) electrons. The topological polar surface area (TPSA) is 63.8 Å². The van der Waals surface area contributed by atoms with Crippen molar-refractivity contribution in [2.24, 2.45) is 5.18 Å². The van der Waals surface area contributed by atoms with Gasteiger partial charge in [-0.2, -0.15) is 0 Å². The molecule has 0 aliphatic heterocycles. The molecule has 0 fully saturated rings. The molecule has 0 unspecified atom stereocenters. The molecular formula is C18H18N2O3. The predicted molar refractivity (Wildman–Crippen MR) is 90.4 cm³/mol. The highest BCUT2D eigenvalue weighted by molar-refractivity contribution is 5.95. The summed E-state index contributed by atoms with van der Waals surface area (Å²) in [6.45, 7) is 3.21. The number of rotatable bonds is 6. The van der Waals surface area contributed by atoms with Crippen LogP contribution in [0, 0.1) is 4.91 Å². The van der Waals surface area contributed by atoms with Crippen LogP contribution in [0.25, 0.3) is 10.9 Å². The number of fused-ring (bicyclic) bond motifs is 1. The number of ether oxygens (including phenoxy) is 1. The van der Waals surface area contributed by atoms with Crippen molar-refractivity contribution >= 4 is 16.6 Å². The number of nitroso groups, excluding NO2 is 1. The van der Waals surface area contributed by atoms with Crippen molar-refractivity contribution in [3.63, 3.8) is 0 Å². The number of para-hydroxylation sites is 1. The Labute approximate surface area is 134 Å². The molecule has 0 aliphatic rings. The SMILES string of the molecule is CCCOc1ccc(Cn2c(O)c(N=O)c3ccccc32)cc1. The Morgan fingerprint density at radius 1 is 1.13 bits per heavy atom. The molecule has 0 amide bonds. The van der Waals surface area contributed by atoms with E-state index in [2.05, 4.69) is 12.1 Å². The Bertz CT molecular complexity index is 822. The summed E-state index contributed by atoms with van der Waals surface area (Å²) in [7, 11) is 0. The number of hydrogen-bond acceptors (Lipinski definition) is 4. The van der Waals surface area contributed by atoms with Gasteiger partial charge in [0.2, 0.25) is 5.88 Å². The van der Waals surface area contributed by atoms with Crippen LogP contribution in [0.5, 0.6) is 11.6 Å². The predicted octanol–water partition coefficient (Wildman–Crippen LogP) is 4.58. The van der Waals surface area contributed by atoms with E-state index in [0.717, 1.165) is 23.3 Å². The Hall–Kier alpha value is -2.82. The number of hydrogen-bond donors (Lipinski definition) is 1. The maximum atomic E-state index is 11.0. The molecule has 3 aromatic rings. The summed E-state index contributed by atoms with van der Waals surface area (Å²) in [5.74, 6) is 0.722. The first-order valence-corrected chi connectivity index (χ1v) is 7.60. The maximum absolute atomic E-state index is 11.0. The first-order chi connectivity index (χ1) is 11.2. The maximum Gasteiger partial charge on any atom is 0.222 e. The molecule has 2 aromatic carbocycles. The van der Waals surface area contributed by atoms with E-state index in [4.69, 9.17) is 4.74 Å². The quantitative estimate of drug-likeness (QED) is 0.678. The van der Waals surface area contributed by atoms with Crippen LogP contribution in [-0.4, -0.2) is 16.3 Å². The minimum Gasteiger partial charge on any atom is -0.494 e. The molecule has 23 heavy (non-hydrogen) atoms. The fourth-order valence-electron chi connectivity index (χ4n) is 2.62. The third-order valence-electron chi connectivity index (χ3n) is 3.75. The van der Waals surface area contributed by atoms with Crippen LogP contribution in [0.15, 0.2) is 53.7 Å². The zero-order chi connectivity index (χ0) is 16.2. The van der Waals surface area contributed by atoms with E-state index in [1.165, 1.54) is 0 Å². The molecule has 0 aliphatic carbocycles. The fourth-order valence-corrected chi connectivity index (χ4v) is 2.62. The summed E-state index contributed by atoms with van der Waals surface area (Å²) in [6.07, 6.45) is 0.965. The molecule has 5 nitrogen and oxygen atoms in total. The first-order valence-electron chi connectivity index (χ1n) is 7.60. The van der Waals surface area contributed by atoms with Crippen LogP contribution in [0.3, 0.4) is 0 Å². The Morgan fingerprint density at radius 2 is 1.87 bits per heavy atom. The third-order valence-corrected chi connectivity index (χ3v) is 3.75. The summed E-state index contributed by atoms with van der Waals surface area (Å²) in [5, 5.41) is 13.9.